The number of aliphatic imine (C=N–C) groups is 1. The van der Waals surface area contributed by atoms with E-state index in [0.717, 1.165) is 15.9 Å². The Morgan fingerprint density at radius 3 is 3.17 bits per heavy atom. The van der Waals surface area contributed by atoms with E-state index in [1.807, 2.05) is 0 Å². The minimum atomic E-state index is 0.455. The molecule has 0 spiro atoms. The Bertz CT molecular complexity index is 215. The number of nitrogens with zero attached hydrogens (tertiary/aromatic N) is 1. The maximum absolute atomic E-state index is 5.72. The van der Waals surface area contributed by atoms with Gasteiger partial charge in [-0.25, -0.2) is 0 Å². The van der Waals surface area contributed by atoms with Crippen LogP contribution in [0.25, 0.3) is 0 Å². The van der Waals surface area contributed by atoms with Gasteiger partial charge in [-0.1, -0.05) is 46.7 Å². The van der Waals surface area contributed by atoms with Crippen molar-refractivity contribution in [2.24, 2.45) is 4.99 Å². The largest absolute Gasteiger partial charge is 0.268 e. The van der Waals surface area contributed by atoms with E-state index in [9.17, 15) is 0 Å². The second-order valence-corrected chi connectivity index (χ2v) is 5.33. The SMILES string of the molecule is CC1CSC(SC/C(Cl)=C/Cl)=N1. The van der Waals surface area contributed by atoms with Crippen LogP contribution in [0.4, 0.5) is 0 Å². The van der Waals surface area contributed by atoms with Crippen LogP contribution in [0.5, 0.6) is 0 Å². The smallest absolute Gasteiger partial charge is 0.125 e. The molecule has 0 aromatic heterocycles. The lowest BCUT2D eigenvalue weighted by Crippen LogP contribution is -1.92. The highest BCUT2D eigenvalue weighted by atomic mass is 35.5. The van der Waals surface area contributed by atoms with Crippen LogP contribution in [0.2, 0.25) is 0 Å². The normalized spacial score (nSPS) is 24.4. The Hall–Kier alpha value is 0.690. The van der Waals surface area contributed by atoms with E-state index >= 15 is 0 Å². The van der Waals surface area contributed by atoms with Crippen LogP contribution in [0.1, 0.15) is 6.92 Å². The molecule has 5 heteroatoms. The molecule has 0 fully saturated rings. The van der Waals surface area contributed by atoms with Crippen molar-refractivity contribution in [3.05, 3.63) is 10.6 Å². The van der Waals surface area contributed by atoms with Gasteiger partial charge in [-0.3, -0.25) is 4.99 Å². The molecule has 12 heavy (non-hydrogen) atoms. The van der Waals surface area contributed by atoms with E-state index in [2.05, 4.69) is 11.9 Å². The van der Waals surface area contributed by atoms with Crippen molar-refractivity contribution < 1.29 is 0 Å². The van der Waals surface area contributed by atoms with Gasteiger partial charge in [-0.15, -0.1) is 0 Å². The summed E-state index contributed by atoms with van der Waals surface area (Å²) in [4.78, 5) is 4.41. The van der Waals surface area contributed by atoms with Crippen LogP contribution in [0.3, 0.4) is 0 Å². The summed E-state index contributed by atoms with van der Waals surface area (Å²) in [5.74, 6) is 1.81. The van der Waals surface area contributed by atoms with Crippen molar-refractivity contribution in [1.29, 1.82) is 0 Å². The van der Waals surface area contributed by atoms with Crippen molar-refractivity contribution in [2.45, 2.75) is 13.0 Å². The number of hydrogen-bond donors (Lipinski definition) is 0. The molecule has 0 N–H and O–H groups in total. The summed E-state index contributed by atoms with van der Waals surface area (Å²) in [7, 11) is 0. The summed E-state index contributed by atoms with van der Waals surface area (Å²) < 4.78 is 1.12. The van der Waals surface area contributed by atoms with E-state index in [-0.39, 0.29) is 0 Å². The highest BCUT2D eigenvalue weighted by Gasteiger charge is 2.13. The fourth-order valence-electron chi connectivity index (χ4n) is 0.687. The molecule has 0 saturated carbocycles. The Labute approximate surface area is 91.0 Å². The first-order chi connectivity index (χ1) is 5.72. The standard InChI is InChI=1S/C7H9Cl2NS2/c1-5-3-11-7(10-5)12-4-6(9)2-8/h2,5H,3-4H2,1H3/b6-2-. The van der Waals surface area contributed by atoms with Gasteiger partial charge in [0, 0.05) is 22.1 Å². The van der Waals surface area contributed by atoms with Crippen LogP contribution in [0.15, 0.2) is 15.6 Å². The van der Waals surface area contributed by atoms with Crippen LogP contribution in [-0.4, -0.2) is 21.9 Å². The summed E-state index contributed by atoms with van der Waals surface area (Å²) in [6.07, 6.45) is 0. The first-order valence-electron chi connectivity index (χ1n) is 3.50. The lowest BCUT2D eigenvalue weighted by molar-refractivity contribution is 0.867. The van der Waals surface area contributed by atoms with Gasteiger partial charge in [0.1, 0.15) is 4.38 Å². The van der Waals surface area contributed by atoms with E-state index in [4.69, 9.17) is 23.2 Å². The molecule has 68 valence electrons. The van der Waals surface area contributed by atoms with Crippen LogP contribution in [0, 0.1) is 0 Å². The van der Waals surface area contributed by atoms with Gasteiger partial charge in [0.2, 0.25) is 0 Å². The summed E-state index contributed by atoms with van der Waals surface area (Å²) in [6.45, 7) is 2.11. The van der Waals surface area contributed by atoms with Crippen LogP contribution < -0.4 is 0 Å². The predicted molar refractivity (Wildman–Crippen MR) is 61.6 cm³/mol. The molecular weight excluding hydrogens is 233 g/mol. The Morgan fingerprint density at radius 1 is 1.92 bits per heavy atom. The van der Waals surface area contributed by atoms with E-state index in [0.29, 0.717) is 11.1 Å². The van der Waals surface area contributed by atoms with Gasteiger partial charge in [0.05, 0.1) is 6.04 Å². The average Bonchev–Trinajstić information content (AvgIpc) is 2.47. The molecule has 0 bridgehead atoms. The molecule has 1 aliphatic heterocycles. The Kier molecular flexibility index (Phi) is 4.87. The quantitative estimate of drug-likeness (QED) is 0.734. The first-order valence-corrected chi connectivity index (χ1v) is 6.29. The fraction of sp³-hybridized carbons (Fsp3) is 0.571. The van der Waals surface area contributed by atoms with E-state index < -0.39 is 0 Å². The van der Waals surface area contributed by atoms with Crippen molar-refractivity contribution in [2.75, 3.05) is 11.5 Å². The molecule has 0 aromatic carbocycles. The minimum absolute atomic E-state index is 0.455. The maximum Gasteiger partial charge on any atom is 0.125 e. The summed E-state index contributed by atoms with van der Waals surface area (Å²) >= 11 is 14.6. The third-order valence-corrected chi connectivity index (χ3v) is 4.52. The topological polar surface area (TPSA) is 12.4 Å². The van der Waals surface area contributed by atoms with Gasteiger partial charge in [-0.05, 0) is 6.92 Å². The third-order valence-electron chi connectivity index (χ3n) is 1.23. The molecule has 1 nitrogen and oxygen atoms in total. The zero-order chi connectivity index (χ0) is 8.97. The zero-order valence-electron chi connectivity index (χ0n) is 6.59. The molecule has 1 unspecified atom stereocenters. The van der Waals surface area contributed by atoms with Gasteiger partial charge >= 0.3 is 0 Å². The molecule has 1 rings (SSSR count). The van der Waals surface area contributed by atoms with Gasteiger partial charge < -0.3 is 0 Å². The lowest BCUT2D eigenvalue weighted by Gasteiger charge is -1.96. The van der Waals surface area contributed by atoms with Gasteiger partial charge in [-0.2, -0.15) is 0 Å². The molecule has 1 aliphatic rings. The molecule has 0 amide bonds. The highest BCUT2D eigenvalue weighted by molar-refractivity contribution is 8.39. The Morgan fingerprint density at radius 2 is 2.67 bits per heavy atom. The molecule has 0 aliphatic carbocycles. The number of halogens is 2. The number of hydrogen-bond acceptors (Lipinski definition) is 3. The predicted octanol–water partition coefficient (Wildman–Crippen LogP) is 3.53. The van der Waals surface area contributed by atoms with Crippen molar-refractivity contribution >= 4 is 51.1 Å². The lowest BCUT2D eigenvalue weighted by atomic mass is 10.4. The van der Waals surface area contributed by atoms with Crippen LogP contribution >= 0.6 is 46.7 Å². The number of thioether (sulfide) groups is 2. The molecule has 1 heterocycles. The average molecular weight is 242 g/mol. The van der Waals surface area contributed by atoms with Crippen molar-refractivity contribution in [3.8, 4) is 0 Å². The third kappa shape index (κ3) is 3.60. The first kappa shape index (κ1) is 10.8. The number of rotatable bonds is 2. The minimum Gasteiger partial charge on any atom is -0.268 e. The molecule has 0 radical (unpaired) electrons. The van der Waals surface area contributed by atoms with Gasteiger partial charge in [0.25, 0.3) is 0 Å². The molecule has 0 saturated heterocycles. The molecular formula is C7H9Cl2NS2. The summed E-state index contributed by atoms with van der Waals surface area (Å²) in [5, 5.41) is 0.671. The van der Waals surface area contributed by atoms with Crippen LogP contribution in [-0.2, 0) is 0 Å². The van der Waals surface area contributed by atoms with E-state index in [1.165, 1.54) is 5.54 Å². The van der Waals surface area contributed by atoms with E-state index in [1.54, 1.807) is 23.5 Å². The second-order valence-electron chi connectivity index (χ2n) is 2.40. The highest BCUT2D eigenvalue weighted by Crippen LogP contribution is 2.27. The fourth-order valence-corrected chi connectivity index (χ4v) is 3.05. The second kappa shape index (κ2) is 5.43. The van der Waals surface area contributed by atoms with Crippen molar-refractivity contribution in [3.63, 3.8) is 0 Å². The van der Waals surface area contributed by atoms with Crippen molar-refractivity contribution in [1.82, 2.24) is 0 Å². The zero-order valence-corrected chi connectivity index (χ0v) is 9.73. The summed E-state index contributed by atoms with van der Waals surface area (Å²) in [6, 6.07) is 0.455. The maximum atomic E-state index is 5.72. The monoisotopic (exact) mass is 241 g/mol. The Balaban J connectivity index is 2.29. The molecule has 0 aromatic rings. The molecule has 1 atom stereocenters. The summed E-state index contributed by atoms with van der Waals surface area (Å²) in [5.41, 5.74) is 1.40. The van der Waals surface area contributed by atoms with Gasteiger partial charge in [0.15, 0.2) is 0 Å².